The lowest BCUT2D eigenvalue weighted by atomic mass is 10.1. The van der Waals surface area contributed by atoms with E-state index in [0.29, 0.717) is 38.8 Å². The number of anilines is 2. The third-order valence-electron chi connectivity index (χ3n) is 5.39. The highest BCUT2D eigenvalue weighted by atomic mass is 32.2. The van der Waals surface area contributed by atoms with Crippen LogP contribution in [0.4, 0.5) is 11.4 Å². The molecule has 3 aromatic rings. The van der Waals surface area contributed by atoms with E-state index in [1.807, 2.05) is 50.2 Å². The molecule has 0 spiro atoms. The number of hydrogen-bond acceptors (Lipinski definition) is 7. The average molecular weight is 535 g/mol. The van der Waals surface area contributed by atoms with Gasteiger partial charge in [0.1, 0.15) is 5.75 Å². The van der Waals surface area contributed by atoms with Gasteiger partial charge in [0.2, 0.25) is 0 Å². The number of thiocarbonyl (C=S) groups is 1. The van der Waals surface area contributed by atoms with Gasteiger partial charge in [-0.2, -0.15) is 0 Å². The summed E-state index contributed by atoms with van der Waals surface area (Å²) in [5.41, 5.74) is 3.15. The number of carbonyl (C=O) groups is 2. The van der Waals surface area contributed by atoms with Gasteiger partial charge >= 0.3 is 0 Å². The SMILES string of the molecule is CCOc1ccccc1NC(=O)COc1ccc(/C=C2\SC(=S)N(c3ccc(C)cc3)C2=O)cc1OC. The fourth-order valence-electron chi connectivity index (χ4n) is 3.61. The Morgan fingerprint density at radius 1 is 1.03 bits per heavy atom. The first kappa shape index (κ1) is 26.2. The highest BCUT2D eigenvalue weighted by Gasteiger charge is 2.33. The summed E-state index contributed by atoms with van der Waals surface area (Å²) in [7, 11) is 1.52. The zero-order valence-corrected chi connectivity index (χ0v) is 22.3. The van der Waals surface area contributed by atoms with Crippen LogP contribution in [-0.2, 0) is 9.59 Å². The van der Waals surface area contributed by atoms with E-state index < -0.39 is 0 Å². The molecule has 9 heteroatoms. The van der Waals surface area contributed by atoms with Crippen molar-refractivity contribution in [2.75, 3.05) is 30.5 Å². The number of para-hydroxylation sites is 2. The van der Waals surface area contributed by atoms with E-state index >= 15 is 0 Å². The topological polar surface area (TPSA) is 77.1 Å². The average Bonchev–Trinajstić information content (AvgIpc) is 3.17. The minimum Gasteiger partial charge on any atom is -0.493 e. The van der Waals surface area contributed by atoms with Crippen LogP contribution in [0.3, 0.4) is 0 Å². The molecule has 1 N–H and O–H groups in total. The predicted octanol–water partition coefficient (Wildman–Crippen LogP) is 5.83. The van der Waals surface area contributed by atoms with Crippen LogP contribution >= 0.6 is 24.0 Å². The largest absolute Gasteiger partial charge is 0.493 e. The number of benzene rings is 3. The second-order valence-corrected chi connectivity index (χ2v) is 9.70. The van der Waals surface area contributed by atoms with Crippen LogP contribution in [0.15, 0.2) is 71.6 Å². The van der Waals surface area contributed by atoms with Crippen LogP contribution in [0.5, 0.6) is 17.2 Å². The molecule has 1 aliphatic heterocycles. The molecule has 1 heterocycles. The summed E-state index contributed by atoms with van der Waals surface area (Å²) >= 11 is 6.71. The third-order valence-corrected chi connectivity index (χ3v) is 6.69. The molecule has 1 aliphatic rings. The number of hydrogen-bond donors (Lipinski definition) is 1. The van der Waals surface area contributed by atoms with Crippen LogP contribution < -0.4 is 24.4 Å². The van der Waals surface area contributed by atoms with Crippen LogP contribution in [0.25, 0.3) is 6.08 Å². The number of methoxy groups -OCH3 is 1. The fourth-order valence-corrected chi connectivity index (χ4v) is 4.91. The quantitative estimate of drug-likeness (QED) is 0.274. The number of carbonyl (C=O) groups excluding carboxylic acids is 2. The zero-order valence-electron chi connectivity index (χ0n) is 20.6. The number of aryl methyl sites for hydroxylation is 1. The Bertz CT molecular complexity index is 1350. The number of nitrogens with one attached hydrogen (secondary N) is 1. The molecule has 0 aliphatic carbocycles. The number of amides is 2. The fraction of sp³-hybridized carbons (Fsp3) is 0.179. The molecule has 1 fully saturated rings. The molecule has 0 unspecified atom stereocenters. The molecular weight excluding hydrogens is 508 g/mol. The van der Waals surface area contributed by atoms with Crippen molar-refractivity contribution < 1.29 is 23.8 Å². The van der Waals surface area contributed by atoms with Crippen LogP contribution in [-0.4, -0.2) is 36.5 Å². The second kappa shape index (κ2) is 11.9. The Balaban J connectivity index is 1.44. The minimum absolute atomic E-state index is 0.179. The second-order valence-electron chi connectivity index (χ2n) is 8.03. The van der Waals surface area contributed by atoms with E-state index in [0.717, 1.165) is 16.8 Å². The molecule has 1 saturated heterocycles. The van der Waals surface area contributed by atoms with Gasteiger partial charge in [-0.3, -0.25) is 14.5 Å². The maximum atomic E-state index is 13.1. The molecule has 190 valence electrons. The van der Waals surface area contributed by atoms with Crippen molar-refractivity contribution in [3.63, 3.8) is 0 Å². The summed E-state index contributed by atoms with van der Waals surface area (Å²) in [6, 6.07) is 20.1. The van der Waals surface area contributed by atoms with E-state index in [-0.39, 0.29) is 18.4 Å². The normalized spacial score (nSPS) is 14.1. The van der Waals surface area contributed by atoms with E-state index in [2.05, 4.69) is 5.32 Å². The molecule has 2 amide bonds. The molecule has 4 rings (SSSR count). The zero-order chi connectivity index (χ0) is 26.4. The molecule has 0 radical (unpaired) electrons. The Hall–Kier alpha value is -3.82. The van der Waals surface area contributed by atoms with Crippen molar-refractivity contribution in [2.24, 2.45) is 0 Å². The third kappa shape index (κ3) is 6.31. The summed E-state index contributed by atoms with van der Waals surface area (Å²) in [5.74, 6) is 0.915. The Morgan fingerprint density at radius 3 is 2.51 bits per heavy atom. The van der Waals surface area contributed by atoms with Crippen molar-refractivity contribution in [2.45, 2.75) is 13.8 Å². The molecule has 7 nitrogen and oxygen atoms in total. The van der Waals surface area contributed by atoms with E-state index in [1.54, 1.807) is 36.4 Å². The van der Waals surface area contributed by atoms with Crippen molar-refractivity contribution in [1.29, 1.82) is 0 Å². The lowest BCUT2D eigenvalue weighted by molar-refractivity contribution is -0.118. The van der Waals surface area contributed by atoms with Gasteiger partial charge in [-0.15, -0.1) is 0 Å². The Morgan fingerprint density at radius 2 is 1.78 bits per heavy atom. The lowest BCUT2D eigenvalue weighted by Gasteiger charge is -2.14. The summed E-state index contributed by atoms with van der Waals surface area (Å²) < 4.78 is 17.2. The molecular formula is C28H26N2O5S2. The molecule has 3 aromatic carbocycles. The van der Waals surface area contributed by atoms with E-state index in [1.165, 1.54) is 23.8 Å². The van der Waals surface area contributed by atoms with Gasteiger partial charge < -0.3 is 19.5 Å². The maximum absolute atomic E-state index is 13.1. The van der Waals surface area contributed by atoms with E-state index in [9.17, 15) is 9.59 Å². The van der Waals surface area contributed by atoms with Crippen molar-refractivity contribution in [3.8, 4) is 17.2 Å². The molecule has 37 heavy (non-hydrogen) atoms. The molecule has 0 aromatic heterocycles. The van der Waals surface area contributed by atoms with Crippen LogP contribution in [0.2, 0.25) is 0 Å². The molecule has 0 bridgehead atoms. The number of thioether (sulfide) groups is 1. The summed E-state index contributed by atoms with van der Waals surface area (Å²) in [5, 5.41) is 2.80. The standard InChI is InChI=1S/C28H26N2O5S2/c1-4-34-22-8-6-5-7-21(22)29-26(31)17-35-23-14-11-19(15-24(23)33-3)16-25-27(32)30(28(36)37-25)20-12-9-18(2)10-13-20/h5-16H,4,17H2,1-3H3,(H,29,31)/b25-16-. The Labute approximate surface area is 225 Å². The monoisotopic (exact) mass is 534 g/mol. The van der Waals surface area contributed by atoms with Gasteiger partial charge in [0.15, 0.2) is 22.4 Å². The molecule has 0 saturated carbocycles. The number of nitrogens with zero attached hydrogens (tertiary/aromatic N) is 1. The van der Waals surface area contributed by atoms with Crippen molar-refractivity contribution in [3.05, 3.63) is 82.8 Å². The first-order chi connectivity index (χ1) is 17.9. The van der Waals surface area contributed by atoms with Crippen molar-refractivity contribution >= 4 is 57.6 Å². The van der Waals surface area contributed by atoms with Gasteiger partial charge in [0.05, 0.1) is 30.0 Å². The van der Waals surface area contributed by atoms with Gasteiger partial charge in [0.25, 0.3) is 11.8 Å². The van der Waals surface area contributed by atoms with Gasteiger partial charge in [0, 0.05) is 0 Å². The first-order valence-electron chi connectivity index (χ1n) is 11.6. The van der Waals surface area contributed by atoms with Crippen molar-refractivity contribution in [1.82, 2.24) is 0 Å². The van der Waals surface area contributed by atoms with Gasteiger partial charge in [-0.25, -0.2) is 0 Å². The molecule has 0 atom stereocenters. The minimum atomic E-state index is -0.335. The highest BCUT2D eigenvalue weighted by molar-refractivity contribution is 8.27. The Kier molecular flexibility index (Phi) is 8.47. The van der Waals surface area contributed by atoms with Crippen LogP contribution in [0.1, 0.15) is 18.1 Å². The predicted molar refractivity (Wildman–Crippen MR) is 152 cm³/mol. The summed E-state index contributed by atoms with van der Waals surface area (Å²) in [6.45, 7) is 4.14. The number of ether oxygens (including phenoxy) is 3. The summed E-state index contributed by atoms with van der Waals surface area (Å²) in [6.07, 6.45) is 1.76. The highest BCUT2D eigenvalue weighted by Crippen LogP contribution is 2.37. The van der Waals surface area contributed by atoms with Crippen LogP contribution in [0, 0.1) is 6.92 Å². The maximum Gasteiger partial charge on any atom is 0.270 e. The first-order valence-corrected chi connectivity index (χ1v) is 12.8. The number of rotatable bonds is 9. The lowest BCUT2D eigenvalue weighted by Crippen LogP contribution is -2.27. The smallest absolute Gasteiger partial charge is 0.270 e. The van der Waals surface area contributed by atoms with Gasteiger partial charge in [-0.1, -0.05) is 59.9 Å². The summed E-state index contributed by atoms with van der Waals surface area (Å²) in [4.78, 5) is 27.6. The van der Waals surface area contributed by atoms with E-state index in [4.69, 9.17) is 26.4 Å². The van der Waals surface area contributed by atoms with Gasteiger partial charge in [-0.05, 0) is 61.9 Å².